The van der Waals surface area contributed by atoms with Crippen molar-refractivity contribution in [2.75, 3.05) is 17.7 Å². The SMILES string of the molecule is CN(C(=O)CS)c1ccc(F)cc1. The van der Waals surface area contributed by atoms with Crippen molar-refractivity contribution >= 4 is 24.2 Å². The number of thiol groups is 1. The summed E-state index contributed by atoms with van der Waals surface area (Å²) in [6, 6.07) is 5.74. The number of benzene rings is 1. The summed E-state index contributed by atoms with van der Waals surface area (Å²) in [6.07, 6.45) is 0. The molecule has 0 unspecified atom stereocenters. The van der Waals surface area contributed by atoms with Gasteiger partial charge in [-0.3, -0.25) is 4.79 Å². The Balaban J connectivity index is 2.83. The highest BCUT2D eigenvalue weighted by Gasteiger charge is 2.07. The molecule has 4 heteroatoms. The number of carbonyl (C=O) groups is 1. The number of rotatable bonds is 2. The normalized spacial score (nSPS) is 9.77. The second-order valence-corrected chi connectivity index (χ2v) is 2.90. The molecule has 0 radical (unpaired) electrons. The van der Waals surface area contributed by atoms with E-state index in [0.717, 1.165) is 0 Å². The van der Waals surface area contributed by atoms with Crippen LogP contribution in [0, 0.1) is 5.82 Å². The molecule has 0 saturated carbocycles. The smallest absolute Gasteiger partial charge is 0.236 e. The average Bonchev–Trinajstić information content (AvgIpc) is 2.17. The van der Waals surface area contributed by atoms with Gasteiger partial charge in [0.25, 0.3) is 0 Å². The molecule has 2 nitrogen and oxygen atoms in total. The summed E-state index contributed by atoms with van der Waals surface area (Å²) in [7, 11) is 1.63. The number of carbonyl (C=O) groups excluding carboxylic acids is 1. The van der Waals surface area contributed by atoms with Crippen LogP contribution in [0.25, 0.3) is 0 Å². The summed E-state index contributed by atoms with van der Waals surface area (Å²) in [5.74, 6) is -0.279. The molecule has 0 aliphatic carbocycles. The summed E-state index contributed by atoms with van der Waals surface area (Å²) < 4.78 is 12.5. The molecule has 0 fully saturated rings. The van der Waals surface area contributed by atoms with Crippen molar-refractivity contribution in [3.8, 4) is 0 Å². The Morgan fingerprint density at radius 3 is 2.46 bits per heavy atom. The molecule has 1 amide bonds. The fourth-order valence-corrected chi connectivity index (χ4v) is 1.13. The first-order chi connectivity index (χ1) is 6.15. The Labute approximate surface area is 81.8 Å². The fraction of sp³-hybridized carbons (Fsp3) is 0.222. The third-order valence-electron chi connectivity index (χ3n) is 1.72. The lowest BCUT2D eigenvalue weighted by Gasteiger charge is -2.15. The zero-order valence-electron chi connectivity index (χ0n) is 7.20. The largest absolute Gasteiger partial charge is 0.315 e. The zero-order chi connectivity index (χ0) is 9.84. The van der Waals surface area contributed by atoms with Gasteiger partial charge >= 0.3 is 0 Å². The first-order valence-corrected chi connectivity index (χ1v) is 4.41. The second kappa shape index (κ2) is 4.28. The van der Waals surface area contributed by atoms with Gasteiger partial charge in [-0.2, -0.15) is 12.6 Å². The molecule has 1 rings (SSSR count). The number of nitrogens with zero attached hydrogens (tertiary/aromatic N) is 1. The van der Waals surface area contributed by atoms with Crippen LogP contribution in [-0.2, 0) is 4.79 Å². The number of anilines is 1. The third-order valence-corrected chi connectivity index (χ3v) is 1.99. The highest BCUT2D eigenvalue weighted by Crippen LogP contribution is 2.13. The van der Waals surface area contributed by atoms with Gasteiger partial charge in [-0.05, 0) is 24.3 Å². The van der Waals surface area contributed by atoms with Crippen LogP contribution in [0.4, 0.5) is 10.1 Å². The number of halogens is 1. The minimum Gasteiger partial charge on any atom is -0.315 e. The molecule has 0 saturated heterocycles. The van der Waals surface area contributed by atoms with Gasteiger partial charge in [-0.15, -0.1) is 0 Å². The third kappa shape index (κ3) is 2.45. The first-order valence-electron chi connectivity index (χ1n) is 3.78. The molecule has 0 N–H and O–H groups in total. The quantitative estimate of drug-likeness (QED) is 0.719. The van der Waals surface area contributed by atoms with E-state index < -0.39 is 0 Å². The van der Waals surface area contributed by atoms with E-state index in [2.05, 4.69) is 12.6 Å². The van der Waals surface area contributed by atoms with Gasteiger partial charge in [-0.25, -0.2) is 4.39 Å². The molecule has 0 aliphatic heterocycles. The lowest BCUT2D eigenvalue weighted by molar-refractivity contribution is -0.115. The zero-order valence-corrected chi connectivity index (χ0v) is 8.09. The molecule has 0 heterocycles. The van der Waals surface area contributed by atoms with Gasteiger partial charge in [0.05, 0.1) is 5.75 Å². The van der Waals surface area contributed by atoms with Crippen molar-refractivity contribution in [1.29, 1.82) is 0 Å². The summed E-state index contributed by atoms with van der Waals surface area (Å²) in [6.45, 7) is 0. The fourth-order valence-electron chi connectivity index (χ4n) is 0.915. The molecule has 0 spiro atoms. The van der Waals surface area contributed by atoms with E-state index >= 15 is 0 Å². The lowest BCUT2D eigenvalue weighted by atomic mass is 10.3. The Morgan fingerprint density at radius 2 is 2.00 bits per heavy atom. The average molecular weight is 199 g/mol. The molecule has 0 bridgehead atoms. The van der Waals surface area contributed by atoms with Crippen LogP contribution in [0.5, 0.6) is 0 Å². The van der Waals surface area contributed by atoms with Crippen molar-refractivity contribution in [1.82, 2.24) is 0 Å². The maximum Gasteiger partial charge on any atom is 0.236 e. The minimum atomic E-state index is -0.310. The van der Waals surface area contributed by atoms with Crippen LogP contribution < -0.4 is 4.90 Å². The van der Waals surface area contributed by atoms with E-state index in [1.165, 1.54) is 17.0 Å². The maximum absolute atomic E-state index is 12.5. The van der Waals surface area contributed by atoms with E-state index in [0.29, 0.717) is 5.69 Å². The Kier molecular flexibility index (Phi) is 3.31. The number of amides is 1. The van der Waals surface area contributed by atoms with Crippen molar-refractivity contribution in [2.24, 2.45) is 0 Å². The molecule has 0 aliphatic rings. The van der Waals surface area contributed by atoms with Gasteiger partial charge in [-0.1, -0.05) is 0 Å². The Morgan fingerprint density at radius 1 is 1.46 bits per heavy atom. The molecule has 0 aromatic heterocycles. The van der Waals surface area contributed by atoms with Crippen molar-refractivity contribution in [3.05, 3.63) is 30.1 Å². The Hall–Kier alpha value is -1.03. The predicted molar refractivity (Wildman–Crippen MR) is 53.7 cm³/mol. The number of hydrogen-bond acceptors (Lipinski definition) is 2. The monoisotopic (exact) mass is 199 g/mol. The van der Waals surface area contributed by atoms with Gasteiger partial charge in [0.1, 0.15) is 5.82 Å². The predicted octanol–water partition coefficient (Wildman–Crippen LogP) is 1.72. The van der Waals surface area contributed by atoms with Crippen LogP contribution >= 0.6 is 12.6 Å². The lowest BCUT2D eigenvalue weighted by Crippen LogP contribution is -2.27. The van der Waals surface area contributed by atoms with Gasteiger partial charge in [0.15, 0.2) is 0 Å². The van der Waals surface area contributed by atoms with E-state index in [1.807, 2.05) is 0 Å². The Bertz CT molecular complexity index is 299. The molecule has 1 aromatic rings. The van der Waals surface area contributed by atoms with Crippen LogP contribution in [0.15, 0.2) is 24.3 Å². The topological polar surface area (TPSA) is 20.3 Å². The summed E-state index contributed by atoms with van der Waals surface area (Å²) in [4.78, 5) is 12.6. The van der Waals surface area contributed by atoms with Gasteiger partial charge < -0.3 is 4.90 Å². The first kappa shape index (κ1) is 10.1. The van der Waals surface area contributed by atoms with Crippen molar-refractivity contribution in [2.45, 2.75) is 0 Å². The van der Waals surface area contributed by atoms with E-state index in [4.69, 9.17) is 0 Å². The van der Waals surface area contributed by atoms with Crippen LogP contribution in [0.2, 0.25) is 0 Å². The van der Waals surface area contributed by atoms with Gasteiger partial charge in [0.2, 0.25) is 5.91 Å². The standard InChI is InChI=1S/C9H10FNOS/c1-11(9(12)6-13)8-4-2-7(10)3-5-8/h2-5,13H,6H2,1H3. The molecular weight excluding hydrogens is 189 g/mol. The summed E-state index contributed by atoms with van der Waals surface area (Å²) in [5, 5.41) is 0. The van der Waals surface area contributed by atoms with Crippen LogP contribution in [0.1, 0.15) is 0 Å². The summed E-state index contributed by atoms with van der Waals surface area (Å²) in [5.41, 5.74) is 0.667. The highest BCUT2D eigenvalue weighted by atomic mass is 32.1. The van der Waals surface area contributed by atoms with Gasteiger partial charge in [0, 0.05) is 12.7 Å². The highest BCUT2D eigenvalue weighted by molar-refractivity contribution is 7.81. The molecule has 0 atom stereocenters. The molecule has 13 heavy (non-hydrogen) atoms. The van der Waals surface area contributed by atoms with Crippen molar-refractivity contribution < 1.29 is 9.18 Å². The van der Waals surface area contributed by atoms with E-state index in [9.17, 15) is 9.18 Å². The maximum atomic E-state index is 12.5. The van der Waals surface area contributed by atoms with Crippen molar-refractivity contribution in [3.63, 3.8) is 0 Å². The van der Waals surface area contributed by atoms with Crippen LogP contribution in [0.3, 0.4) is 0 Å². The van der Waals surface area contributed by atoms with E-state index in [1.54, 1.807) is 19.2 Å². The molecule has 1 aromatic carbocycles. The van der Waals surface area contributed by atoms with E-state index in [-0.39, 0.29) is 17.5 Å². The second-order valence-electron chi connectivity index (χ2n) is 2.59. The molecule has 70 valence electrons. The minimum absolute atomic E-state index is 0.116. The summed E-state index contributed by atoms with van der Waals surface area (Å²) >= 11 is 3.86. The number of hydrogen-bond donors (Lipinski definition) is 1. The van der Waals surface area contributed by atoms with Crippen LogP contribution in [-0.4, -0.2) is 18.7 Å². The molecular formula is C9H10FNOS.